The predicted molar refractivity (Wildman–Crippen MR) is 101 cm³/mol. The van der Waals surface area contributed by atoms with Crippen LogP contribution in [0.5, 0.6) is 0 Å². The first-order chi connectivity index (χ1) is 10.3. The van der Waals surface area contributed by atoms with Crippen molar-refractivity contribution < 1.29 is 8.78 Å². The second kappa shape index (κ2) is 10.9. The summed E-state index contributed by atoms with van der Waals surface area (Å²) in [5, 5.41) is 1.49. The first-order valence-electron chi connectivity index (χ1n) is 5.83. The van der Waals surface area contributed by atoms with E-state index in [2.05, 4.69) is 15.9 Å². The van der Waals surface area contributed by atoms with Crippen LogP contribution in [0.4, 0.5) is 8.78 Å². The topological polar surface area (TPSA) is 26.0 Å². The zero-order chi connectivity index (χ0) is 16.9. The summed E-state index contributed by atoms with van der Waals surface area (Å²) in [6, 6.07) is 5.31. The van der Waals surface area contributed by atoms with Gasteiger partial charge in [0, 0.05) is 21.9 Å². The van der Waals surface area contributed by atoms with E-state index in [4.69, 9.17) is 52.1 Å². The summed E-state index contributed by atoms with van der Waals surface area (Å²) in [4.78, 5) is 0. The van der Waals surface area contributed by atoms with Crippen molar-refractivity contribution in [1.82, 2.24) is 0 Å². The number of hydrogen-bond acceptors (Lipinski definition) is 1. The molecule has 0 aliphatic rings. The van der Waals surface area contributed by atoms with E-state index in [1.54, 1.807) is 0 Å². The Morgan fingerprint density at radius 2 is 1.17 bits per heavy atom. The van der Waals surface area contributed by atoms with E-state index in [0.29, 0.717) is 26.5 Å². The normalized spacial score (nSPS) is 9.74. The molecule has 0 amide bonds. The van der Waals surface area contributed by atoms with Crippen molar-refractivity contribution in [3.8, 4) is 0 Å². The van der Waals surface area contributed by atoms with E-state index in [1.165, 1.54) is 24.3 Å². The number of alkyl halides is 1. The molecular formula is C14H11BrCl5F2N. The molecule has 0 saturated carbocycles. The minimum atomic E-state index is -0.489. The molecule has 0 spiro atoms. The van der Waals surface area contributed by atoms with Crippen molar-refractivity contribution in [1.29, 1.82) is 0 Å². The highest BCUT2D eigenvalue weighted by Crippen LogP contribution is 2.25. The quantitative estimate of drug-likeness (QED) is 0.356. The lowest BCUT2D eigenvalue weighted by atomic mass is 10.2. The molecule has 1 nitrogen and oxygen atoms in total. The SMILES string of the molecule is Cl.Fc1cc(CBr)c(Cl)cc1Cl.NCc1cc(F)c(Cl)cc1Cl. The molecule has 0 fully saturated rings. The van der Waals surface area contributed by atoms with E-state index < -0.39 is 11.6 Å². The Labute approximate surface area is 167 Å². The van der Waals surface area contributed by atoms with Gasteiger partial charge < -0.3 is 5.73 Å². The third kappa shape index (κ3) is 6.91. The van der Waals surface area contributed by atoms with E-state index >= 15 is 0 Å². The molecule has 2 N–H and O–H groups in total. The number of benzene rings is 2. The second-order valence-corrected chi connectivity index (χ2v) is 6.24. The fraction of sp³-hybridized carbons (Fsp3) is 0.143. The molecule has 9 heteroatoms. The number of nitrogens with two attached hydrogens (primary N) is 1. The fourth-order valence-corrected chi connectivity index (χ4v) is 2.92. The molecule has 128 valence electrons. The van der Waals surface area contributed by atoms with Crippen LogP contribution in [0.3, 0.4) is 0 Å². The van der Waals surface area contributed by atoms with E-state index in [9.17, 15) is 8.78 Å². The molecule has 0 aliphatic heterocycles. The smallest absolute Gasteiger partial charge is 0.142 e. The van der Waals surface area contributed by atoms with Gasteiger partial charge in [0.1, 0.15) is 11.6 Å². The summed E-state index contributed by atoms with van der Waals surface area (Å²) in [6.07, 6.45) is 0. The Balaban J connectivity index is 0.000000403. The van der Waals surface area contributed by atoms with Crippen LogP contribution in [0, 0.1) is 11.6 Å². The van der Waals surface area contributed by atoms with Gasteiger partial charge in [0.15, 0.2) is 0 Å². The monoisotopic (exact) mass is 485 g/mol. The minimum Gasteiger partial charge on any atom is -0.326 e. The maximum Gasteiger partial charge on any atom is 0.142 e. The van der Waals surface area contributed by atoms with Gasteiger partial charge in [0.05, 0.1) is 10.0 Å². The van der Waals surface area contributed by atoms with Crippen LogP contribution >= 0.6 is 74.7 Å². The third-order valence-corrected chi connectivity index (χ3v) is 4.43. The van der Waals surface area contributed by atoms with Gasteiger partial charge in [-0.2, -0.15) is 0 Å². The van der Waals surface area contributed by atoms with Gasteiger partial charge in [-0.05, 0) is 35.4 Å². The van der Waals surface area contributed by atoms with Crippen LogP contribution in [0.25, 0.3) is 0 Å². The van der Waals surface area contributed by atoms with Crippen LogP contribution < -0.4 is 5.73 Å². The molecule has 23 heavy (non-hydrogen) atoms. The Kier molecular flexibility index (Phi) is 11.0. The van der Waals surface area contributed by atoms with Crippen molar-refractivity contribution in [3.63, 3.8) is 0 Å². The van der Waals surface area contributed by atoms with Crippen LogP contribution in [-0.2, 0) is 11.9 Å². The molecule has 0 aromatic heterocycles. The minimum absolute atomic E-state index is 0. The summed E-state index contributed by atoms with van der Waals surface area (Å²) in [7, 11) is 0. The van der Waals surface area contributed by atoms with Crippen LogP contribution in [-0.4, -0.2) is 0 Å². The first-order valence-corrected chi connectivity index (χ1v) is 8.46. The molecule has 0 atom stereocenters. The number of halogens is 8. The third-order valence-electron chi connectivity index (χ3n) is 2.54. The maximum absolute atomic E-state index is 12.7. The average molecular weight is 488 g/mol. The molecule has 0 aliphatic carbocycles. The molecule has 0 saturated heterocycles. The molecule has 2 aromatic carbocycles. The van der Waals surface area contributed by atoms with Crippen molar-refractivity contribution in [2.75, 3.05) is 0 Å². The Hall–Kier alpha value is 0.190. The first kappa shape index (κ1) is 23.2. The average Bonchev–Trinajstić information content (AvgIpc) is 2.47. The summed E-state index contributed by atoms with van der Waals surface area (Å²) in [6.45, 7) is 0.215. The lowest BCUT2D eigenvalue weighted by Crippen LogP contribution is -1.97. The molecule has 0 bridgehead atoms. The number of rotatable bonds is 2. The predicted octanol–water partition coefficient (Wildman–Crippen LogP) is 7.04. The van der Waals surface area contributed by atoms with Crippen molar-refractivity contribution in [3.05, 3.63) is 67.1 Å². The lowest BCUT2D eigenvalue weighted by molar-refractivity contribution is 0.626. The molecule has 0 unspecified atom stereocenters. The van der Waals surface area contributed by atoms with Gasteiger partial charge >= 0.3 is 0 Å². The zero-order valence-electron chi connectivity index (χ0n) is 11.4. The largest absolute Gasteiger partial charge is 0.326 e. The standard InChI is InChI=1S/C7H4BrCl2F.C7H6Cl2FN.ClH/c8-3-4-1-7(11)6(10)2-5(4)9;8-5-2-6(9)7(10)1-4(5)3-11;/h1-2H,3H2;1-2H,3,11H2;1H. The van der Waals surface area contributed by atoms with E-state index in [-0.39, 0.29) is 29.0 Å². The van der Waals surface area contributed by atoms with E-state index in [1.807, 2.05) is 0 Å². The molecular weight excluding hydrogens is 477 g/mol. The zero-order valence-corrected chi connectivity index (χ0v) is 16.8. The van der Waals surface area contributed by atoms with Crippen LogP contribution in [0.1, 0.15) is 11.1 Å². The van der Waals surface area contributed by atoms with Crippen molar-refractivity contribution >= 4 is 74.7 Å². The van der Waals surface area contributed by atoms with Gasteiger partial charge in [-0.25, -0.2) is 8.78 Å². The Morgan fingerprint density at radius 3 is 1.57 bits per heavy atom. The Bertz CT molecular complexity index is 613. The molecule has 0 radical (unpaired) electrons. The summed E-state index contributed by atoms with van der Waals surface area (Å²) >= 11 is 25.5. The highest BCUT2D eigenvalue weighted by Gasteiger charge is 2.05. The van der Waals surface area contributed by atoms with Crippen molar-refractivity contribution in [2.24, 2.45) is 5.73 Å². The molecule has 2 rings (SSSR count). The van der Waals surface area contributed by atoms with Gasteiger partial charge in [-0.1, -0.05) is 62.3 Å². The van der Waals surface area contributed by atoms with Gasteiger partial charge in [0.2, 0.25) is 0 Å². The van der Waals surface area contributed by atoms with Gasteiger partial charge in [0.25, 0.3) is 0 Å². The van der Waals surface area contributed by atoms with Crippen molar-refractivity contribution in [2.45, 2.75) is 11.9 Å². The summed E-state index contributed by atoms with van der Waals surface area (Å²) in [5.74, 6) is -0.929. The van der Waals surface area contributed by atoms with Crippen LogP contribution in [0.15, 0.2) is 24.3 Å². The second-order valence-electron chi connectivity index (χ2n) is 4.05. The highest BCUT2D eigenvalue weighted by atomic mass is 79.9. The van der Waals surface area contributed by atoms with Crippen LogP contribution in [0.2, 0.25) is 20.1 Å². The highest BCUT2D eigenvalue weighted by molar-refractivity contribution is 9.08. The fourth-order valence-electron chi connectivity index (χ4n) is 1.39. The van der Waals surface area contributed by atoms with Gasteiger partial charge in [-0.15, -0.1) is 12.4 Å². The summed E-state index contributed by atoms with van der Waals surface area (Å²) in [5.41, 5.74) is 6.54. The molecule has 0 heterocycles. The Morgan fingerprint density at radius 1 is 0.783 bits per heavy atom. The maximum atomic E-state index is 12.7. The molecule has 2 aromatic rings. The van der Waals surface area contributed by atoms with E-state index in [0.717, 1.165) is 0 Å². The van der Waals surface area contributed by atoms with Gasteiger partial charge in [-0.3, -0.25) is 0 Å². The summed E-state index contributed by atoms with van der Waals surface area (Å²) < 4.78 is 25.4. The number of hydrogen-bond donors (Lipinski definition) is 1. The lowest BCUT2D eigenvalue weighted by Gasteiger charge is -2.01.